The Morgan fingerprint density at radius 2 is 2.16 bits per heavy atom. The number of rotatable bonds is 6. The lowest BCUT2D eigenvalue weighted by atomic mass is 10.1. The monoisotopic (exact) mass is 263 g/mol. The summed E-state index contributed by atoms with van der Waals surface area (Å²) in [5.74, 6) is -0.0268. The Kier molecular flexibility index (Phi) is 5.83. The van der Waals surface area contributed by atoms with Gasteiger partial charge in [0.1, 0.15) is 0 Å². The molecule has 1 aromatic rings. The van der Waals surface area contributed by atoms with Crippen LogP contribution in [0.5, 0.6) is 0 Å². The van der Waals surface area contributed by atoms with Gasteiger partial charge in [-0.1, -0.05) is 19.4 Å². The number of nitrogens with zero attached hydrogens (tertiary/aromatic N) is 1. The molecule has 0 radical (unpaired) electrons. The van der Waals surface area contributed by atoms with E-state index < -0.39 is 0 Å². The number of likely N-dealkylation sites (N-methyl/N-ethyl adjacent to an activating group) is 1. The number of anilines is 2. The predicted octanol–water partition coefficient (Wildman–Crippen LogP) is 2.64. The van der Waals surface area contributed by atoms with Crippen molar-refractivity contribution in [3.63, 3.8) is 0 Å². The molecule has 0 saturated heterocycles. The zero-order valence-electron chi connectivity index (χ0n) is 12.4. The van der Waals surface area contributed by atoms with E-state index in [1.54, 1.807) is 0 Å². The fraction of sp³-hybridized carbons (Fsp3) is 0.533. The summed E-state index contributed by atoms with van der Waals surface area (Å²) in [4.78, 5) is 14.0. The normalized spacial score (nSPS) is 12.5. The van der Waals surface area contributed by atoms with Crippen molar-refractivity contribution in [3.8, 4) is 0 Å². The Hall–Kier alpha value is -1.55. The Balaban J connectivity index is 2.55. The number of benzene rings is 1. The molecule has 0 aliphatic rings. The highest BCUT2D eigenvalue weighted by Gasteiger charge is 2.13. The molecule has 0 aliphatic heterocycles. The number of hydrogen-bond acceptors (Lipinski definition) is 3. The van der Waals surface area contributed by atoms with Crippen LogP contribution in [0.1, 0.15) is 32.3 Å². The van der Waals surface area contributed by atoms with E-state index >= 15 is 0 Å². The van der Waals surface area contributed by atoms with Crippen molar-refractivity contribution in [1.82, 2.24) is 4.90 Å². The van der Waals surface area contributed by atoms with Crippen molar-refractivity contribution in [3.05, 3.63) is 23.8 Å². The quantitative estimate of drug-likeness (QED) is 0.776. The molecular formula is C15H25N3O. The first-order chi connectivity index (χ1) is 8.93. The third kappa shape index (κ3) is 4.91. The lowest BCUT2D eigenvalue weighted by Gasteiger charge is -2.23. The lowest BCUT2D eigenvalue weighted by Crippen LogP contribution is -2.36. The molecule has 0 saturated carbocycles. The Morgan fingerprint density at radius 1 is 1.47 bits per heavy atom. The molecule has 1 unspecified atom stereocenters. The minimum absolute atomic E-state index is 0.0268. The molecule has 0 bridgehead atoms. The molecular weight excluding hydrogens is 238 g/mol. The average molecular weight is 263 g/mol. The second-order valence-electron chi connectivity index (χ2n) is 5.19. The van der Waals surface area contributed by atoms with Gasteiger partial charge in [0.05, 0.1) is 17.9 Å². The number of hydrogen-bond donors (Lipinski definition) is 2. The largest absolute Gasteiger partial charge is 0.397 e. The molecule has 4 nitrogen and oxygen atoms in total. The number of nitrogens with one attached hydrogen (secondary N) is 1. The van der Waals surface area contributed by atoms with Gasteiger partial charge in [0.25, 0.3) is 0 Å². The van der Waals surface area contributed by atoms with E-state index in [4.69, 9.17) is 5.73 Å². The Morgan fingerprint density at radius 3 is 2.74 bits per heavy atom. The van der Waals surface area contributed by atoms with Gasteiger partial charge in [-0.25, -0.2) is 0 Å². The molecule has 0 aromatic heterocycles. The first-order valence-electron chi connectivity index (χ1n) is 6.80. The molecule has 1 atom stereocenters. The average Bonchev–Trinajstić information content (AvgIpc) is 2.33. The highest BCUT2D eigenvalue weighted by molar-refractivity contribution is 5.95. The predicted molar refractivity (Wildman–Crippen MR) is 81.2 cm³/mol. The second-order valence-corrected chi connectivity index (χ2v) is 5.19. The van der Waals surface area contributed by atoms with E-state index in [0.29, 0.717) is 24.0 Å². The van der Waals surface area contributed by atoms with Gasteiger partial charge in [-0.3, -0.25) is 9.69 Å². The van der Waals surface area contributed by atoms with Gasteiger partial charge in [-0.05, 0) is 45.0 Å². The minimum atomic E-state index is -0.0268. The molecule has 1 aromatic carbocycles. The second kappa shape index (κ2) is 7.14. The molecule has 1 rings (SSSR count). The number of carbonyl (C=O) groups is 1. The van der Waals surface area contributed by atoms with Gasteiger partial charge in [0.2, 0.25) is 5.91 Å². The summed E-state index contributed by atoms with van der Waals surface area (Å²) in [5.41, 5.74) is 8.26. The zero-order valence-corrected chi connectivity index (χ0v) is 12.4. The van der Waals surface area contributed by atoms with Gasteiger partial charge in [0.15, 0.2) is 0 Å². The first kappa shape index (κ1) is 15.5. The van der Waals surface area contributed by atoms with Gasteiger partial charge in [-0.15, -0.1) is 0 Å². The van der Waals surface area contributed by atoms with Gasteiger partial charge in [0, 0.05) is 6.04 Å². The molecule has 0 heterocycles. The maximum Gasteiger partial charge on any atom is 0.238 e. The maximum absolute atomic E-state index is 12.0. The minimum Gasteiger partial charge on any atom is -0.397 e. The lowest BCUT2D eigenvalue weighted by molar-refractivity contribution is -0.117. The molecule has 106 valence electrons. The fourth-order valence-electron chi connectivity index (χ4n) is 2.01. The van der Waals surface area contributed by atoms with Crippen LogP contribution < -0.4 is 11.1 Å². The van der Waals surface area contributed by atoms with Crippen molar-refractivity contribution < 1.29 is 4.79 Å². The molecule has 0 fully saturated rings. The smallest absolute Gasteiger partial charge is 0.238 e. The van der Waals surface area contributed by atoms with E-state index in [1.165, 1.54) is 0 Å². The number of nitrogen functional groups attached to an aromatic ring is 1. The van der Waals surface area contributed by atoms with Crippen LogP contribution >= 0.6 is 0 Å². The summed E-state index contributed by atoms with van der Waals surface area (Å²) >= 11 is 0. The van der Waals surface area contributed by atoms with Gasteiger partial charge >= 0.3 is 0 Å². The van der Waals surface area contributed by atoms with Crippen LogP contribution in [-0.4, -0.2) is 30.4 Å². The molecule has 3 N–H and O–H groups in total. The summed E-state index contributed by atoms with van der Waals surface area (Å²) in [6.07, 6.45) is 2.22. The highest BCUT2D eigenvalue weighted by atomic mass is 16.2. The van der Waals surface area contributed by atoms with Crippen LogP contribution in [0.4, 0.5) is 11.4 Å². The summed E-state index contributed by atoms with van der Waals surface area (Å²) in [5, 5.41) is 2.86. The summed E-state index contributed by atoms with van der Waals surface area (Å²) in [6.45, 7) is 6.64. The van der Waals surface area contributed by atoms with Crippen molar-refractivity contribution in [1.29, 1.82) is 0 Å². The van der Waals surface area contributed by atoms with Gasteiger partial charge < -0.3 is 11.1 Å². The molecule has 19 heavy (non-hydrogen) atoms. The maximum atomic E-state index is 12.0. The molecule has 0 aliphatic carbocycles. The van der Waals surface area contributed by atoms with Crippen LogP contribution in [0.2, 0.25) is 0 Å². The highest BCUT2D eigenvalue weighted by Crippen LogP contribution is 2.19. The third-order valence-corrected chi connectivity index (χ3v) is 3.33. The molecule has 1 amide bonds. The third-order valence-electron chi connectivity index (χ3n) is 3.33. The first-order valence-corrected chi connectivity index (χ1v) is 6.80. The zero-order chi connectivity index (χ0) is 14.4. The van der Waals surface area contributed by atoms with E-state index in [1.807, 2.05) is 32.2 Å². The van der Waals surface area contributed by atoms with E-state index in [0.717, 1.165) is 18.4 Å². The fourth-order valence-corrected chi connectivity index (χ4v) is 2.01. The van der Waals surface area contributed by atoms with Crippen LogP contribution in [0.25, 0.3) is 0 Å². The van der Waals surface area contributed by atoms with Crippen LogP contribution in [0, 0.1) is 6.92 Å². The Labute approximate surface area is 116 Å². The summed E-state index contributed by atoms with van der Waals surface area (Å²) < 4.78 is 0. The molecule has 4 heteroatoms. The van der Waals surface area contributed by atoms with Crippen LogP contribution in [0.3, 0.4) is 0 Å². The number of carbonyl (C=O) groups excluding carboxylic acids is 1. The van der Waals surface area contributed by atoms with Crippen LogP contribution in [-0.2, 0) is 4.79 Å². The Bertz CT molecular complexity index is 431. The van der Waals surface area contributed by atoms with Crippen LogP contribution in [0.15, 0.2) is 18.2 Å². The summed E-state index contributed by atoms with van der Waals surface area (Å²) in [7, 11) is 1.97. The van der Waals surface area contributed by atoms with Crippen molar-refractivity contribution in [2.45, 2.75) is 39.7 Å². The number of amides is 1. The van der Waals surface area contributed by atoms with E-state index in [2.05, 4.69) is 24.1 Å². The van der Waals surface area contributed by atoms with Crippen molar-refractivity contribution in [2.75, 3.05) is 24.6 Å². The van der Waals surface area contributed by atoms with Gasteiger partial charge in [-0.2, -0.15) is 0 Å². The number of aryl methyl sites for hydroxylation is 1. The van der Waals surface area contributed by atoms with E-state index in [-0.39, 0.29) is 5.91 Å². The van der Waals surface area contributed by atoms with E-state index in [9.17, 15) is 4.79 Å². The topological polar surface area (TPSA) is 58.4 Å². The van der Waals surface area contributed by atoms with Crippen molar-refractivity contribution in [2.24, 2.45) is 0 Å². The standard InChI is InChI=1S/C15H25N3O/c1-5-6-12(3)18(4)10-15(19)17-14-8-7-11(2)9-13(14)16/h7-9,12H,5-6,10,16H2,1-4H3,(H,17,19). The SMILES string of the molecule is CCCC(C)N(C)CC(=O)Nc1ccc(C)cc1N. The summed E-state index contributed by atoms with van der Waals surface area (Å²) in [6, 6.07) is 6.05. The van der Waals surface area contributed by atoms with Crippen molar-refractivity contribution >= 4 is 17.3 Å². The number of nitrogens with two attached hydrogens (primary N) is 1. The molecule has 0 spiro atoms.